The fraction of sp³-hybridized carbons (Fsp3) is 0.444. The van der Waals surface area contributed by atoms with E-state index in [1.54, 1.807) is 18.7 Å². The van der Waals surface area contributed by atoms with Crippen molar-refractivity contribution in [3.05, 3.63) is 29.3 Å². The Kier molecular flexibility index (Phi) is 5.99. The largest absolute Gasteiger partial charge is 0.481 e. The second kappa shape index (κ2) is 7.75. The van der Waals surface area contributed by atoms with Gasteiger partial charge in [-0.2, -0.15) is 18.4 Å². The summed E-state index contributed by atoms with van der Waals surface area (Å²) in [6.45, 7) is 3.50. The Morgan fingerprint density at radius 1 is 1.32 bits per heavy atom. The zero-order valence-corrected chi connectivity index (χ0v) is 16.0. The number of benzene rings is 1. The Bertz CT molecular complexity index is 862. The van der Waals surface area contributed by atoms with Crippen molar-refractivity contribution in [2.24, 2.45) is 0 Å². The molecule has 10 heteroatoms. The maximum absolute atomic E-state index is 13.3. The van der Waals surface area contributed by atoms with Crippen molar-refractivity contribution >= 4 is 34.9 Å². The maximum Gasteiger partial charge on any atom is 0.417 e. The third-order valence-electron chi connectivity index (χ3n) is 4.53. The highest BCUT2D eigenvalue weighted by Gasteiger charge is 2.49. The number of nitrogens with zero attached hydrogens (tertiary/aromatic N) is 3. The number of anilines is 1. The van der Waals surface area contributed by atoms with Crippen LogP contribution in [0.15, 0.2) is 18.2 Å². The molecule has 6 nitrogen and oxygen atoms in total. The number of carbonyl (C=O) groups excluding carboxylic acids is 1. The average molecular weight is 413 g/mol. The molecule has 1 fully saturated rings. The molecule has 0 aliphatic carbocycles. The zero-order valence-electron chi connectivity index (χ0n) is 15.2. The molecular formula is C18H18F3N3O3S. The smallest absolute Gasteiger partial charge is 0.417 e. The number of amides is 1. The molecule has 1 N–H and O–H groups in total. The van der Waals surface area contributed by atoms with E-state index in [9.17, 15) is 22.8 Å². The molecule has 0 radical (unpaired) electrons. The van der Waals surface area contributed by atoms with Crippen molar-refractivity contribution < 1.29 is 27.9 Å². The second-order valence-corrected chi connectivity index (χ2v) is 7.19. The third kappa shape index (κ3) is 4.09. The number of hydrogen-bond donors (Lipinski definition) is 1. The summed E-state index contributed by atoms with van der Waals surface area (Å²) < 4.78 is 39.8. The summed E-state index contributed by atoms with van der Waals surface area (Å²) in [5, 5.41) is 17.7. The number of halogens is 3. The van der Waals surface area contributed by atoms with Crippen molar-refractivity contribution in [2.45, 2.75) is 44.8 Å². The van der Waals surface area contributed by atoms with Crippen molar-refractivity contribution in [1.82, 2.24) is 4.90 Å². The summed E-state index contributed by atoms with van der Waals surface area (Å²) in [7, 11) is 0. The van der Waals surface area contributed by atoms with Crippen LogP contribution in [0.2, 0.25) is 0 Å². The van der Waals surface area contributed by atoms with E-state index in [1.165, 1.54) is 12.1 Å². The lowest BCUT2D eigenvalue weighted by Crippen LogP contribution is -2.44. The van der Waals surface area contributed by atoms with Gasteiger partial charge in [0.1, 0.15) is 5.54 Å². The molecule has 0 spiro atoms. The van der Waals surface area contributed by atoms with Crippen LogP contribution in [0.25, 0.3) is 0 Å². The minimum absolute atomic E-state index is 0.0245. The van der Waals surface area contributed by atoms with Gasteiger partial charge in [-0.3, -0.25) is 14.5 Å². The Labute approximate surface area is 165 Å². The first kappa shape index (κ1) is 21.6. The molecule has 0 atom stereocenters. The Morgan fingerprint density at radius 3 is 2.50 bits per heavy atom. The van der Waals surface area contributed by atoms with Gasteiger partial charge in [0.2, 0.25) is 0 Å². The van der Waals surface area contributed by atoms with Gasteiger partial charge in [-0.1, -0.05) is 0 Å². The van der Waals surface area contributed by atoms with Crippen molar-refractivity contribution in [1.29, 1.82) is 5.26 Å². The normalized spacial score (nSPS) is 16.4. The highest BCUT2D eigenvalue weighted by molar-refractivity contribution is 7.80. The monoisotopic (exact) mass is 413 g/mol. The van der Waals surface area contributed by atoms with Gasteiger partial charge in [-0.05, 0) is 57.1 Å². The van der Waals surface area contributed by atoms with Gasteiger partial charge in [0.15, 0.2) is 5.11 Å². The van der Waals surface area contributed by atoms with Gasteiger partial charge in [0.05, 0.1) is 22.9 Å². The van der Waals surface area contributed by atoms with E-state index in [0.717, 1.165) is 17.0 Å². The highest BCUT2D eigenvalue weighted by atomic mass is 32.1. The molecule has 1 amide bonds. The first-order valence-electron chi connectivity index (χ1n) is 8.40. The fourth-order valence-corrected chi connectivity index (χ4v) is 3.50. The van der Waals surface area contributed by atoms with Crippen molar-refractivity contribution in [3.8, 4) is 6.07 Å². The summed E-state index contributed by atoms with van der Waals surface area (Å²) in [6.07, 6.45) is -3.94. The van der Waals surface area contributed by atoms with E-state index in [0.29, 0.717) is 19.4 Å². The second-order valence-electron chi connectivity index (χ2n) is 6.82. The molecule has 28 heavy (non-hydrogen) atoms. The number of carboxylic acids is 1. The van der Waals surface area contributed by atoms with E-state index in [1.807, 2.05) is 0 Å². The minimum Gasteiger partial charge on any atom is -0.481 e. The zero-order chi connectivity index (χ0) is 21.3. The number of hydrogen-bond acceptors (Lipinski definition) is 4. The number of rotatable bonds is 6. The lowest BCUT2D eigenvalue weighted by atomic mass is 10.0. The summed E-state index contributed by atoms with van der Waals surface area (Å²) in [6, 6.07) is 4.50. The van der Waals surface area contributed by atoms with Gasteiger partial charge in [-0.25, -0.2) is 0 Å². The molecule has 1 heterocycles. The molecule has 0 unspecified atom stereocenters. The van der Waals surface area contributed by atoms with Crippen molar-refractivity contribution in [3.63, 3.8) is 0 Å². The number of thiocarbonyl (C=S) groups is 1. The number of aliphatic carboxylic acids is 1. The van der Waals surface area contributed by atoms with Crippen LogP contribution in [0.4, 0.5) is 18.9 Å². The van der Waals surface area contributed by atoms with Crippen LogP contribution in [0.5, 0.6) is 0 Å². The van der Waals surface area contributed by atoms with Crippen LogP contribution < -0.4 is 4.90 Å². The van der Waals surface area contributed by atoms with Crippen LogP contribution in [0, 0.1) is 11.3 Å². The fourth-order valence-electron chi connectivity index (χ4n) is 2.99. The molecule has 1 saturated heterocycles. The highest BCUT2D eigenvalue weighted by Crippen LogP contribution is 2.37. The lowest BCUT2D eigenvalue weighted by molar-refractivity contribution is -0.138. The molecule has 1 aromatic carbocycles. The Hall–Kier alpha value is -2.67. The number of unbranched alkanes of at least 4 members (excludes halogenated alkanes) is 1. The van der Waals surface area contributed by atoms with Gasteiger partial charge in [0, 0.05) is 13.0 Å². The number of carboxylic acid groups (broad SMARTS) is 1. The van der Waals surface area contributed by atoms with E-state index >= 15 is 0 Å². The van der Waals surface area contributed by atoms with Crippen molar-refractivity contribution in [2.75, 3.05) is 11.4 Å². The molecule has 0 bridgehead atoms. The van der Waals surface area contributed by atoms with Gasteiger partial charge < -0.3 is 10.0 Å². The van der Waals surface area contributed by atoms with E-state index < -0.39 is 34.7 Å². The van der Waals surface area contributed by atoms with Crippen LogP contribution in [-0.4, -0.2) is 39.1 Å². The summed E-state index contributed by atoms with van der Waals surface area (Å²) in [4.78, 5) is 26.1. The number of alkyl halides is 3. The Morgan fingerprint density at radius 2 is 1.96 bits per heavy atom. The topological polar surface area (TPSA) is 84.6 Å². The third-order valence-corrected chi connectivity index (χ3v) is 4.94. The summed E-state index contributed by atoms with van der Waals surface area (Å²) >= 11 is 5.34. The molecule has 1 aliphatic heterocycles. The van der Waals surface area contributed by atoms with E-state index in [2.05, 4.69) is 0 Å². The SMILES string of the molecule is CC1(C)C(=O)N(c2ccc(C#N)c(C(F)(F)F)c2)C(=S)N1CCCCC(=O)O. The predicted molar refractivity (Wildman–Crippen MR) is 98.5 cm³/mol. The standard InChI is InChI=1S/C18H18F3N3O3S/c1-17(2)15(27)24(16(28)23(17)8-4-3-5-14(25)26)12-7-6-11(10-22)13(9-12)18(19,20)21/h6-7,9H,3-5,8H2,1-2H3,(H,25,26). The first-order chi connectivity index (χ1) is 12.9. The molecule has 0 aromatic heterocycles. The molecular weight excluding hydrogens is 395 g/mol. The molecule has 0 saturated carbocycles. The lowest BCUT2D eigenvalue weighted by Gasteiger charge is -2.29. The Balaban J connectivity index is 2.34. The van der Waals surface area contributed by atoms with Crippen LogP contribution in [-0.2, 0) is 15.8 Å². The quantitative estimate of drug-likeness (QED) is 0.567. The van der Waals surface area contributed by atoms with Gasteiger partial charge in [-0.15, -0.1) is 0 Å². The van der Waals surface area contributed by atoms with Gasteiger partial charge in [0.25, 0.3) is 5.91 Å². The number of nitriles is 1. The number of carbonyl (C=O) groups is 2. The van der Waals surface area contributed by atoms with Crippen LogP contribution in [0.1, 0.15) is 44.2 Å². The van der Waals surface area contributed by atoms with E-state index in [4.69, 9.17) is 22.6 Å². The predicted octanol–water partition coefficient (Wildman–Crippen LogP) is 3.54. The van der Waals surface area contributed by atoms with Crippen LogP contribution >= 0.6 is 12.2 Å². The maximum atomic E-state index is 13.3. The van der Waals surface area contributed by atoms with E-state index in [-0.39, 0.29) is 17.2 Å². The minimum atomic E-state index is -4.75. The first-order valence-corrected chi connectivity index (χ1v) is 8.81. The molecule has 150 valence electrons. The molecule has 2 rings (SSSR count). The van der Waals surface area contributed by atoms with Crippen LogP contribution in [0.3, 0.4) is 0 Å². The summed E-state index contributed by atoms with van der Waals surface area (Å²) in [5.41, 5.74) is -2.84. The molecule has 1 aromatic rings. The molecule has 1 aliphatic rings. The summed E-state index contributed by atoms with van der Waals surface area (Å²) in [5.74, 6) is -1.42. The average Bonchev–Trinajstić information content (AvgIpc) is 2.76. The van der Waals surface area contributed by atoms with Gasteiger partial charge >= 0.3 is 12.1 Å².